The molecule has 3 aromatic rings. The van der Waals surface area contributed by atoms with E-state index in [9.17, 15) is 8.78 Å². The van der Waals surface area contributed by atoms with Gasteiger partial charge in [-0.25, -0.2) is 13.8 Å². The Kier molecular flexibility index (Phi) is 3.21. The highest BCUT2D eigenvalue weighted by Gasteiger charge is 2.22. The minimum Gasteiger partial charge on any atom is -0.367 e. The van der Waals surface area contributed by atoms with Gasteiger partial charge in [0, 0.05) is 6.07 Å². The standard InChI is InChI=1S/C14H11F2N3OS/c1-6-13(21-7(2)18-6)12-11(14(17)20-19-12)8-3-9(15)5-10(16)4-8/h3-5H,17H2,1-2H3. The van der Waals surface area contributed by atoms with Gasteiger partial charge in [-0.05, 0) is 31.5 Å². The van der Waals surface area contributed by atoms with Crippen LogP contribution >= 0.6 is 11.3 Å². The van der Waals surface area contributed by atoms with E-state index in [0.717, 1.165) is 21.6 Å². The number of aryl methyl sites for hydroxylation is 2. The Balaban J connectivity index is 2.24. The minimum absolute atomic E-state index is 0.0143. The normalized spacial score (nSPS) is 11.0. The highest BCUT2D eigenvalue weighted by atomic mass is 32.1. The lowest BCUT2D eigenvalue weighted by molar-refractivity contribution is 0.439. The molecule has 2 N–H and O–H groups in total. The van der Waals surface area contributed by atoms with Crippen LogP contribution in [0.4, 0.5) is 14.7 Å². The summed E-state index contributed by atoms with van der Waals surface area (Å²) in [5.41, 5.74) is 7.65. The fourth-order valence-electron chi connectivity index (χ4n) is 2.19. The number of aromatic nitrogens is 2. The van der Waals surface area contributed by atoms with Crippen LogP contribution in [0.25, 0.3) is 21.7 Å². The number of rotatable bonds is 2. The van der Waals surface area contributed by atoms with Crippen molar-refractivity contribution in [3.05, 3.63) is 40.5 Å². The number of thiazole rings is 1. The van der Waals surface area contributed by atoms with E-state index < -0.39 is 11.6 Å². The zero-order valence-electron chi connectivity index (χ0n) is 11.3. The Morgan fingerprint density at radius 2 is 1.81 bits per heavy atom. The molecule has 0 aliphatic carbocycles. The first-order valence-corrected chi connectivity index (χ1v) is 6.93. The fourth-order valence-corrected chi connectivity index (χ4v) is 3.09. The monoisotopic (exact) mass is 307 g/mol. The van der Waals surface area contributed by atoms with Crippen molar-refractivity contribution in [3.8, 4) is 21.7 Å². The molecule has 0 aliphatic heterocycles. The minimum atomic E-state index is -0.686. The van der Waals surface area contributed by atoms with Gasteiger partial charge in [0.25, 0.3) is 0 Å². The molecule has 21 heavy (non-hydrogen) atoms. The van der Waals surface area contributed by atoms with Crippen molar-refractivity contribution >= 4 is 17.2 Å². The molecular formula is C14H11F2N3OS. The summed E-state index contributed by atoms with van der Waals surface area (Å²) in [5.74, 6) is -1.36. The molecule has 0 aliphatic rings. The van der Waals surface area contributed by atoms with Crippen LogP contribution in [-0.4, -0.2) is 10.1 Å². The van der Waals surface area contributed by atoms with Gasteiger partial charge in [-0.1, -0.05) is 5.16 Å². The van der Waals surface area contributed by atoms with Crippen LogP contribution < -0.4 is 5.73 Å². The number of hydrogen-bond acceptors (Lipinski definition) is 5. The van der Waals surface area contributed by atoms with Gasteiger partial charge in [0.1, 0.15) is 17.3 Å². The topological polar surface area (TPSA) is 64.9 Å². The van der Waals surface area contributed by atoms with Crippen molar-refractivity contribution in [3.63, 3.8) is 0 Å². The fraction of sp³-hybridized carbons (Fsp3) is 0.143. The van der Waals surface area contributed by atoms with Crippen LogP contribution in [-0.2, 0) is 0 Å². The molecule has 3 rings (SSSR count). The average molecular weight is 307 g/mol. The van der Waals surface area contributed by atoms with Crippen molar-refractivity contribution in [2.45, 2.75) is 13.8 Å². The summed E-state index contributed by atoms with van der Waals surface area (Å²) in [6.07, 6.45) is 0. The van der Waals surface area contributed by atoms with Crippen LogP contribution in [0.3, 0.4) is 0 Å². The molecule has 1 aromatic carbocycles. The third kappa shape index (κ3) is 2.40. The summed E-state index contributed by atoms with van der Waals surface area (Å²) in [5, 5.41) is 4.78. The van der Waals surface area contributed by atoms with E-state index in [1.165, 1.54) is 23.5 Å². The first kappa shape index (κ1) is 13.7. The number of halogens is 2. The Morgan fingerprint density at radius 3 is 2.38 bits per heavy atom. The highest BCUT2D eigenvalue weighted by Crippen LogP contribution is 2.40. The van der Waals surface area contributed by atoms with Crippen LogP contribution in [0.1, 0.15) is 10.7 Å². The zero-order valence-corrected chi connectivity index (χ0v) is 12.1. The molecule has 4 nitrogen and oxygen atoms in total. The van der Waals surface area contributed by atoms with E-state index in [0.29, 0.717) is 11.3 Å². The molecule has 0 fully saturated rings. The van der Waals surface area contributed by atoms with Gasteiger partial charge in [-0.2, -0.15) is 0 Å². The van der Waals surface area contributed by atoms with Crippen LogP contribution in [0.5, 0.6) is 0 Å². The maximum Gasteiger partial charge on any atom is 0.230 e. The number of nitrogens with zero attached hydrogens (tertiary/aromatic N) is 2. The molecule has 0 radical (unpaired) electrons. The van der Waals surface area contributed by atoms with E-state index in [-0.39, 0.29) is 11.4 Å². The second-order valence-corrected chi connectivity index (χ2v) is 5.78. The molecule has 2 heterocycles. The van der Waals surface area contributed by atoms with E-state index in [1.54, 1.807) is 0 Å². The quantitative estimate of drug-likeness (QED) is 0.778. The third-order valence-corrected chi connectivity index (χ3v) is 4.07. The van der Waals surface area contributed by atoms with E-state index in [2.05, 4.69) is 10.1 Å². The molecule has 108 valence electrons. The van der Waals surface area contributed by atoms with Gasteiger partial charge in [-0.3, -0.25) is 0 Å². The lowest BCUT2D eigenvalue weighted by Gasteiger charge is -2.02. The Morgan fingerprint density at radius 1 is 1.14 bits per heavy atom. The molecule has 0 amide bonds. The molecule has 0 saturated carbocycles. The van der Waals surface area contributed by atoms with Crippen LogP contribution in [0.2, 0.25) is 0 Å². The Hall–Kier alpha value is -2.28. The number of benzene rings is 1. The largest absolute Gasteiger partial charge is 0.367 e. The van der Waals surface area contributed by atoms with Crippen molar-refractivity contribution in [2.24, 2.45) is 0 Å². The van der Waals surface area contributed by atoms with Gasteiger partial charge < -0.3 is 10.3 Å². The first-order chi connectivity index (χ1) is 9.95. The zero-order chi connectivity index (χ0) is 15.1. The predicted molar refractivity (Wildman–Crippen MR) is 76.8 cm³/mol. The maximum atomic E-state index is 13.4. The smallest absolute Gasteiger partial charge is 0.230 e. The van der Waals surface area contributed by atoms with Crippen molar-refractivity contribution in [1.29, 1.82) is 0 Å². The lowest BCUT2D eigenvalue weighted by Crippen LogP contribution is -1.90. The molecule has 7 heteroatoms. The highest BCUT2D eigenvalue weighted by molar-refractivity contribution is 7.15. The molecule has 0 unspecified atom stereocenters. The van der Waals surface area contributed by atoms with Crippen LogP contribution in [0, 0.1) is 25.5 Å². The summed E-state index contributed by atoms with van der Waals surface area (Å²) in [4.78, 5) is 5.09. The number of nitrogen functional groups attached to an aromatic ring is 1. The summed E-state index contributed by atoms with van der Waals surface area (Å²) < 4.78 is 31.9. The second-order valence-electron chi connectivity index (χ2n) is 4.58. The number of anilines is 1. The van der Waals surface area contributed by atoms with Gasteiger partial charge in [-0.15, -0.1) is 11.3 Å². The summed E-state index contributed by atoms with van der Waals surface area (Å²) in [6, 6.07) is 3.19. The summed E-state index contributed by atoms with van der Waals surface area (Å²) in [6.45, 7) is 3.70. The molecule has 2 aromatic heterocycles. The first-order valence-electron chi connectivity index (χ1n) is 6.11. The second kappa shape index (κ2) is 4.92. The van der Waals surface area contributed by atoms with Gasteiger partial charge in [0.05, 0.1) is 21.1 Å². The molecule has 0 atom stereocenters. The third-order valence-electron chi connectivity index (χ3n) is 2.99. The Bertz CT molecular complexity index is 805. The van der Waals surface area contributed by atoms with Gasteiger partial charge >= 0.3 is 0 Å². The van der Waals surface area contributed by atoms with E-state index >= 15 is 0 Å². The molecule has 0 spiro atoms. The molecule has 0 saturated heterocycles. The van der Waals surface area contributed by atoms with Crippen LogP contribution in [0.15, 0.2) is 22.7 Å². The van der Waals surface area contributed by atoms with Crippen molar-refractivity contribution in [2.75, 3.05) is 5.73 Å². The molecule has 0 bridgehead atoms. The lowest BCUT2D eigenvalue weighted by atomic mass is 10.0. The van der Waals surface area contributed by atoms with Gasteiger partial charge in [0.15, 0.2) is 0 Å². The molecular weight excluding hydrogens is 296 g/mol. The van der Waals surface area contributed by atoms with Crippen molar-refractivity contribution < 1.29 is 13.3 Å². The summed E-state index contributed by atoms with van der Waals surface area (Å²) >= 11 is 1.42. The van der Waals surface area contributed by atoms with E-state index in [1.807, 2.05) is 13.8 Å². The summed E-state index contributed by atoms with van der Waals surface area (Å²) in [7, 11) is 0. The van der Waals surface area contributed by atoms with Crippen molar-refractivity contribution in [1.82, 2.24) is 10.1 Å². The maximum absolute atomic E-state index is 13.4. The van der Waals surface area contributed by atoms with E-state index in [4.69, 9.17) is 10.3 Å². The average Bonchev–Trinajstić information content (AvgIpc) is 2.90. The van der Waals surface area contributed by atoms with Gasteiger partial charge in [0.2, 0.25) is 5.88 Å². The predicted octanol–water partition coefficient (Wildman–Crippen LogP) is 3.94. The SMILES string of the molecule is Cc1nc(C)c(-c2noc(N)c2-c2cc(F)cc(F)c2)s1. The Labute approximate surface area is 123 Å². The number of hydrogen-bond donors (Lipinski definition) is 1. The number of nitrogens with two attached hydrogens (primary N) is 1.